The van der Waals surface area contributed by atoms with Crippen molar-refractivity contribution >= 4 is 34.1 Å². The molecule has 0 N–H and O–H groups in total. The van der Waals surface area contributed by atoms with Gasteiger partial charge in [-0.25, -0.2) is 9.78 Å². The lowest BCUT2D eigenvalue weighted by molar-refractivity contribution is 0.563. The number of para-hydroxylation sites is 1. The molecule has 3 rings (SSSR count). The Hall–Kier alpha value is -2.10. The zero-order valence-electron chi connectivity index (χ0n) is 10.9. The molecule has 0 aliphatic rings. The summed E-state index contributed by atoms with van der Waals surface area (Å²) in [6.07, 6.45) is 0.484. The molecule has 2 heterocycles. The van der Waals surface area contributed by atoms with Gasteiger partial charge in [0, 0.05) is 22.9 Å². The van der Waals surface area contributed by atoms with Crippen molar-refractivity contribution in [3.63, 3.8) is 0 Å². The molecule has 0 spiro atoms. The van der Waals surface area contributed by atoms with Gasteiger partial charge in [-0.1, -0.05) is 30.0 Å². The van der Waals surface area contributed by atoms with E-state index in [2.05, 4.69) is 11.1 Å². The summed E-state index contributed by atoms with van der Waals surface area (Å²) in [5, 5.41) is 11.2. The average Bonchev–Trinajstić information content (AvgIpc) is 2.95. The molecule has 2 aromatic heterocycles. The summed E-state index contributed by atoms with van der Waals surface area (Å²) in [7, 11) is 0. The van der Waals surface area contributed by atoms with Crippen molar-refractivity contribution < 1.29 is 4.42 Å². The Morgan fingerprint density at radius 1 is 1.38 bits per heavy atom. The van der Waals surface area contributed by atoms with Crippen molar-refractivity contribution in [1.82, 2.24) is 4.98 Å². The van der Waals surface area contributed by atoms with Gasteiger partial charge in [0.25, 0.3) is 0 Å². The van der Waals surface area contributed by atoms with Crippen molar-refractivity contribution in [2.24, 2.45) is 0 Å². The third-order valence-corrected chi connectivity index (χ3v) is 4.86. The maximum absolute atomic E-state index is 12.1. The third kappa shape index (κ3) is 2.99. The van der Waals surface area contributed by atoms with Crippen LogP contribution in [0.4, 0.5) is 0 Å². The van der Waals surface area contributed by atoms with Crippen LogP contribution in [-0.2, 0) is 0 Å². The first-order valence-electron chi connectivity index (χ1n) is 6.26. The van der Waals surface area contributed by atoms with E-state index in [0.29, 0.717) is 29.0 Å². The molecule has 3 aromatic rings. The normalized spacial score (nSPS) is 10.6. The second kappa shape index (κ2) is 6.12. The van der Waals surface area contributed by atoms with E-state index in [1.165, 1.54) is 23.1 Å². The Balaban J connectivity index is 1.95. The maximum Gasteiger partial charge on any atom is 0.345 e. The van der Waals surface area contributed by atoms with E-state index < -0.39 is 0 Å². The fourth-order valence-electron chi connectivity index (χ4n) is 1.87. The molecular weight excluding hydrogens is 304 g/mol. The minimum atomic E-state index is -0.382. The number of fused-ring (bicyclic) bond motifs is 1. The zero-order valence-corrected chi connectivity index (χ0v) is 12.5. The van der Waals surface area contributed by atoms with Crippen LogP contribution in [0.25, 0.3) is 22.2 Å². The molecule has 0 saturated heterocycles. The molecule has 21 heavy (non-hydrogen) atoms. The van der Waals surface area contributed by atoms with Crippen LogP contribution in [0.2, 0.25) is 0 Å². The lowest BCUT2D eigenvalue weighted by Crippen LogP contribution is -2.02. The van der Waals surface area contributed by atoms with Crippen molar-refractivity contribution in [3.05, 3.63) is 46.1 Å². The molecule has 0 unspecified atom stereocenters. The van der Waals surface area contributed by atoms with Crippen molar-refractivity contribution in [2.45, 2.75) is 10.8 Å². The van der Waals surface area contributed by atoms with Gasteiger partial charge in [-0.2, -0.15) is 5.26 Å². The molecule has 0 fully saturated rings. The Morgan fingerprint density at radius 3 is 3.10 bits per heavy atom. The number of thiazole rings is 1. The highest BCUT2D eigenvalue weighted by Gasteiger charge is 2.11. The van der Waals surface area contributed by atoms with Crippen LogP contribution >= 0.6 is 23.1 Å². The van der Waals surface area contributed by atoms with Crippen LogP contribution < -0.4 is 5.63 Å². The standard InChI is InChI=1S/C15H10N2O2S2/c16-6-3-7-20-15-17-12(9-21-15)11-8-10-4-1-2-5-13(10)19-14(11)18/h1-2,4-5,8-9H,3,7H2. The van der Waals surface area contributed by atoms with E-state index in [0.717, 1.165) is 9.73 Å². The number of benzene rings is 1. The summed E-state index contributed by atoms with van der Waals surface area (Å²) in [6, 6.07) is 11.3. The Bertz CT molecular complexity index is 877. The highest BCUT2D eigenvalue weighted by molar-refractivity contribution is 8.01. The number of nitrogens with zero attached hydrogens (tertiary/aromatic N) is 2. The Labute approximate surface area is 129 Å². The van der Waals surface area contributed by atoms with E-state index in [1.54, 1.807) is 12.1 Å². The lowest BCUT2D eigenvalue weighted by atomic mass is 10.1. The quantitative estimate of drug-likeness (QED) is 0.415. The SMILES string of the molecule is N#CCCSc1nc(-c2cc3ccccc3oc2=O)cs1. The van der Waals surface area contributed by atoms with Crippen molar-refractivity contribution in [3.8, 4) is 17.3 Å². The molecule has 0 bridgehead atoms. The summed E-state index contributed by atoms with van der Waals surface area (Å²) in [4.78, 5) is 16.5. The molecule has 0 amide bonds. The predicted octanol–water partition coefficient (Wildman–Crippen LogP) is 3.92. The summed E-state index contributed by atoms with van der Waals surface area (Å²) in [5.41, 5.74) is 1.29. The fraction of sp³-hybridized carbons (Fsp3) is 0.133. The van der Waals surface area contributed by atoms with Gasteiger partial charge in [0.15, 0.2) is 4.34 Å². The number of nitriles is 1. The number of rotatable bonds is 4. The minimum absolute atomic E-state index is 0.382. The van der Waals surface area contributed by atoms with Gasteiger partial charge in [-0.15, -0.1) is 11.3 Å². The fourth-order valence-corrected chi connectivity index (χ4v) is 3.61. The molecule has 0 radical (unpaired) electrons. The monoisotopic (exact) mass is 314 g/mol. The van der Waals surface area contributed by atoms with Gasteiger partial charge in [0.2, 0.25) is 0 Å². The topological polar surface area (TPSA) is 66.9 Å². The lowest BCUT2D eigenvalue weighted by Gasteiger charge is -1.99. The van der Waals surface area contributed by atoms with E-state index >= 15 is 0 Å². The predicted molar refractivity (Wildman–Crippen MR) is 84.5 cm³/mol. The van der Waals surface area contributed by atoms with E-state index in [-0.39, 0.29) is 5.63 Å². The van der Waals surface area contributed by atoms with Crippen LogP contribution in [0.1, 0.15) is 6.42 Å². The molecule has 104 valence electrons. The zero-order chi connectivity index (χ0) is 14.7. The second-order valence-electron chi connectivity index (χ2n) is 4.24. The van der Waals surface area contributed by atoms with Crippen LogP contribution in [0.3, 0.4) is 0 Å². The van der Waals surface area contributed by atoms with Gasteiger partial charge in [0.05, 0.1) is 17.3 Å². The first-order valence-corrected chi connectivity index (χ1v) is 8.13. The number of hydrogen-bond acceptors (Lipinski definition) is 6. The van der Waals surface area contributed by atoms with Gasteiger partial charge < -0.3 is 4.42 Å². The molecule has 4 nitrogen and oxygen atoms in total. The number of thioether (sulfide) groups is 1. The third-order valence-electron chi connectivity index (χ3n) is 2.84. The molecule has 0 aliphatic heterocycles. The highest BCUT2D eigenvalue weighted by Crippen LogP contribution is 2.28. The summed E-state index contributed by atoms with van der Waals surface area (Å²) in [5.74, 6) is 0.704. The molecule has 0 aliphatic carbocycles. The molecule has 0 saturated carbocycles. The smallest absolute Gasteiger partial charge is 0.345 e. The van der Waals surface area contributed by atoms with Crippen LogP contribution in [0.5, 0.6) is 0 Å². The van der Waals surface area contributed by atoms with Crippen molar-refractivity contribution in [1.29, 1.82) is 5.26 Å². The average molecular weight is 314 g/mol. The van der Waals surface area contributed by atoms with Crippen molar-refractivity contribution in [2.75, 3.05) is 5.75 Å². The summed E-state index contributed by atoms with van der Waals surface area (Å²) >= 11 is 2.99. The number of aromatic nitrogens is 1. The van der Waals surface area contributed by atoms with Gasteiger partial charge in [0.1, 0.15) is 5.58 Å². The Kier molecular flexibility index (Phi) is 4.04. The summed E-state index contributed by atoms with van der Waals surface area (Å²) in [6.45, 7) is 0. The van der Waals surface area contributed by atoms with Gasteiger partial charge in [-0.05, 0) is 12.1 Å². The van der Waals surface area contributed by atoms with Crippen LogP contribution in [0, 0.1) is 11.3 Å². The highest BCUT2D eigenvalue weighted by atomic mass is 32.2. The molecule has 6 heteroatoms. The first-order chi connectivity index (χ1) is 10.3. The largest absolute Gasteiger partial charge is 0.422 e. The van der Waals surface area contributed by atoms with E-state index in [9.17, 15) is 4.79 Å². The molecule has 1 aromatic carbocycles. The Morgan fingerprint density at radius 2 is 2.24 bits per heavy atom. The number of hydrogen-bond donors (Lipinski definition) is 0. The molecule has 0 atom stereocenters. The van der Waals surface area contributed by atoms with Crippen LogP contribution in [0.15, 0.2) is 49.3 Å². The van der Waals surface area contributed by atoms with E-state index in [4.69, 9.17) is 9.68 Å². The molecular formula is C15H10N2O2S2. The summed E-state index contributed by atoms with van der Waals surface area (Å²) < 4.78 is 6.17. The second-order valence-corrected chi connectivity index (χ2v) is 6.44. The maximum atomic E-state index is 12.1. The minimum Gasteiger partial charge on any atom is -0.422 e. The van der Waals surface area contributed by atoms with Gasteiger partial charge >= 0.3 is 5.63 Å². The van der Waals surface area contributed by atoms with E-state index in [1.807, 2.05) is 23.6 Å². The van der Waals surface area contributed by atoms with Crippen LogP contribution in [-0.4, -0.2) is 10.7 Å². The van der Waals surface area contributed by atoms with Gasteiger partial charge in [-0.3, -0.25) is 0 Å². The first kappa shape index (κ1) is 13.9.